The third-order valence-corrected chi connectivity index (χ3v) is 2.21. The molecule has 18 heavy (non-hydrogen) atoms. The molecule has 1 N–H and O–H groups in total. The van der Waals surface area contributed by atoms with Crippen molar-refractivity contribution in [1.82, 2.24) is 0 Å². The Kier molecular flexibility index (Phi) is 4.86. The van der Waals surface area contributed by atoms with Crippen LogP contribution in [-0.4, -0.2) is 22.6 Å². The number of unbranched alkanes of at least 4 members (excludes halogenated alkanes) is 1. The Morgan fingerprint density at radius 1 is 1.56 bits per heavy atom. The van der Waals surface area contributed by atoms with Crippen molar-refractivity contribution < 1.29 is 19.6 Å². The second-order valence-electron chi connectivity index (χ2n) is 3.52. The Bertz CT molecular complexity index is 470. The van der Waals surface area contributed by atoms with Gasteiger partial charge in [0.05, 0.1) is 11.5 Å². The number of non-ortho nitro benzene ring substituents is 1. The van der Waals surface area contributed by atoms with Gasteiger partial charge in [-0.05, 0) is 18.9 Å². The van der Waals surface area contributed by atoms with Gasteiger partial charge in [0.25, 0.3) is 5.69 Å². The summed E-state index contributed by atoms with van der Waals surface area (Å²) >= 11 is 0. The average Bonchev–Trinajstić information content (AvgIpc) is 2.34. The Morgan fingerprint density at radius 2 is 2.28 bits per heavy atom. The van der Waals surface area contributed by atoms with Crippen LogP contribution in [0, 0.1) is 10.1 Å². The van der Waals surface area contributed by atoms with E-state index in [0.717, 1.165) is 12.5 Å². The van der Waals surface area contributed by atoms with Crippen LogP contribution in [0.15, 0.2) is 30.9 Å². The van der Waals surface area contributed by atoms with Crippen molar-refractivity contribution in [2.45, 2.75) is 12.8 Å². The van der Waals surface area contributed by atoms with Crippen LogP contribution in [0.2, 0.25) is 0 Å². The number of hydrogen-bond acceptors (Lipinski definition) is 4. The second-order valence-corrected chi connectivity index (χ2v) is 3.52. The molecule has 0 amide bonds. The first-order valence-corrected chi connectivity index (χ1v) is 5.31. The van der Waals surface area contributed by atoms with Crippen molar-refractivity contribution in [3.05, 3.63) is 46.5 Å². The molecule has 0 spiro atoms. The highest BCUT2D eigenvalue weighted by Gasteiger charge is 2.16. The minimum atomic E-state index is -1.25. The topological polar surface area (TPSA) is 89.7 Å². The van der Waals surface area contributed by atoms with Gasteiger partial charge in [-0.3, -0.25) is 10.1 Å². The molecule has 0 fully saturated rings. The van der Waals surface area contributed by atoms with Gasteiger partial charge in [0.15, 0.2) is 0 Å². The van der Waals surface area contributed by atoms with E-state index in [4.69, 9.17) is 9.84 Å². The lowest BCUT2D eigenvalue weighted by molar-refractivity contribution is -0.384. The summed E-state index contributed by atoms with van der Waals surface area (Å²) < 4.78 is 5.28. The van der Waals surface area contributed by atoms with Crippen molar-refractivity contribution in [3.8, 4) is 5.75 Å². The van der Waals surface area contributed by atoms with Gasteiger partial charge in [-0.1, -0.05) is 6.08 Å². The van der Waals surface area contributed by atoms with E-state index in [1.807, 2.05) is 0 Å². The number of rotatable bonds is 7. The van der Waals surface area contributed by atoms with Gasteiger partial charge in [0.1, 0.15) is 11.3 Å². The van der Waals surface area contributed by atoms with Crippen LogP contribution in [0.25, 0.3) is 0 Å². The van der Waals surface area contributed by atoms with Crippen LogP contribution in [0.1, 0.15) is 23.2 Å². The van der Waals surface area contributed by atoms with Crippen LogP contribution < -0.4 is 4.74 Å². The zero-order valence-corrected chi connectivity index (χ0v) is 9.67. The van der Waals surface area contributed by atoms with Crippen LogP contribution in [-0.2, 0) is 0 Å². The van der Waals surface area contributed by atoms with Crippen LogP contribution >= 0.6 is 0 Å². The summed E-state index contributed by atoms with van der Waals surface area (Å²) in [5.41, 5.74) is -0.478. The van der Waals surface area contributed by atoms with E-state index in [-0.39, 0.29) is 17.0 Å². The minimum Gasteiger partial charge on any atom is -0.493 e. The molecule has 0 radical (unpaired) electrons. The average molecular weight is 251 g/mol. The Morgan fingerprint density at radius 3 is 2.83 bits per heavy atom. The number of nitro benzene ring substituents is 1. The predicted octanol–water partition coefficient (Wildman–Crippen LogP) is 2.64. The Labute approximate surface area is 104 Å². The number of nitrogens with zero attached hydrogens (tertiary/aromatic N) is 1. The van der Waals surface area contributed by atoms with Gasteiger partial charge in [-0.15, -0.1) is 6.58 Å². The Hall–Kier alpha value is -2.37. The summed E-state index contributed by atoms with van der Waals surface area (Å²) in [6.45, 7) is 3.89. The molecule has 0 saturated heterocycles. The molecular formula is C12H13NO5. The molecule has 0 unspecified atom stereocenters. The number of allylic oxidation sites excluding steroid dienone is 1. The number of ether oxygens (including phenoxy) is 1. The zero-order valence-electron chi connectivity index (χ0n) is 9.67. The summed E-state index contributed by atoms with van der Waals surface area (Å²) in [5.74, 6) is -1.12. The van der Waals surface area contributed by atoms with E-state index in [9.17, 15) is 14.9 Å². The van der Waals surface area contributed by atoms with Crippen LogP contribution in [0.5, 0.6) is 5.75 Å². The third kappa shape index (κ3) is 3.58. The number of aromatic carboxylic acids is 1. The molecule has 1 rings (SSSR count). The number of carboxylic acids is 1. The number of carbonyl (C=O) groups is 1. The van der Waals surface area contributed by atoms with Crippen molar-refractivity contribution in [2.24, 2.45) is 0 Å². The molecule has 0 heterocycles. The van der Waals surface area contributed by atoms with Crippen molar-refractivity contribution >= 4 is 11.7 Å². The third-order valence-electron chi connectivity index (χ3n) is 2.21. The van der Waals surface area contributed by atoms with Gasteiger partial charge in [0.2, 0.25) is 0 Å². The number of nitro groups is 1. The molecule has 1 aromatic carbocycles. The lowest BCUT2D eigenvalue weighted by atomic mass is 10.2. The monoisotopic (exact) mass is 251 g/mol. The molecule has 6 heteroatoms. The fourth-order valence-corrected chi connectivity index (χ4v) is 1.33. The molecular weight excluding hydrogens is 238 g/mol. The molecule has 0 aromatic heterocycles. The fraction of sp³-hybridized carbons (Fsp3) is 0.250. The number of carboxylic acid groups (broad SMARTS) is 1. The summed E-state index contributed by atoms with van der Waals surface area (Å²) in [4.78, 5) is 20.9. The molecule has 0 atom stereocenters. The van der Waals surface area contributed by atoms with E-state index in [1.165, 1.54) is 12.1 Å². The van der Waals surface area contributed by atoms with Gasteiger partial charge < -0.3 is 9.84 Å². The SMILES string of the molecule is C=CCCCOc1ccc([N+](=O)[O-])cc1C(=O)O. The van der Waals surface area contributed by atoms with Gasteiger partial charge in [0, 0.05) is 12.1 Å². The lowest BCUT2D eigenvalue weighted by Crippen LogP contribution is -2.05. The first-order chi connectivity index (χ1) is 8.56. The van der Waals surface area contributed by atoms with Crippen LogP contribution in [0.4, 0.5) is 5.69 Å². The molecule has 0 saturated carbocycles. The number of benzene rings is 1. The second kappa shape index (κ2) is 6.39. The van der Waals surface area contributed by atoms with Gasteiger partial charge in [-0.2, -0.15) is 0 Å². The molecule has 0 aliphatic rings. The van der Waals surface area contributed by atoms with E-state index < -0.39 is 10.9 Å². The minimum absolute atomic E-state index is 0.136. The Balaban J connectivity index is 2.86. The predicted molar refractivity (Wildman–Crippen MR) is 65.0 cm³/mol. The normalized spacial score (nSPS) is 9.78. The smallest absolute Gasteiger partial charge is 0.339 e. The van der Waals surface area contributed by atoms with Gasteiger partial charge >= 0.3 is 5.97 Å². The molecule has 0 aliphatic carbocycles. The van der Waals surface area contributed by atoms with Crippen molar-refractivity contribution in [3.63, 3.8) is 0 Å². The number of hydrogen-bond donors (Lipinski definition) is 1. The molecule has 0 bridgehead atoms. The summed E-state index contributed by atoms with van der Waals surface area (Å²) in [7, 11) is 0. The van der Waals surface area contributed by atoms with Crippen LogP contribution in [0.3, 0.4) is 0 Å². The highest BCUT2D eigenvalue weighted by Crippen LogP contribution is 2.24. The maximum atomic E-state index is 11.0. The fourth-order valence-electron chi connectivity index (χ4n) is 1.33. The van der Waals surface area contributed by atoms with Crippen molar-refractivity contribution in [2.75, 3.05) is 6.61 Å². The highest BCUT2D eigenvalue weighted by atomic mass is 16.6. The molecule has 1 aromatic rings. The zero-order chi connectivity index (χ0) is 13.5. The van der Waals surface area contributed by atoms with Crippen molar-refractivity contribution in [1.29, 1.82) is 0 Å². The first kappa shape index (κ1) is 13.7. The first-order valence-electron chi connectivity index (χ1n) is 5.31. The molecule has 96 valence electrons. The highest BCUT2D eigenvalue weighted by molar-refractivity contribution is 5.91. The van der Waals surface area contributed by atoms with E-state index in [2.05, 4.69) is 6.58 Å². The molecule has 6 nitrogen and oxygen atoms in total. The molecule has 0 aliphatic heterocycles. The maximum absolute atomic E-state index is 11.0. The largest absolute Gasteiger partial charge is 0.493 e. The standard InChI is InChI=1S/C12H13NO5/c1-2-3-4-7-18-11-6-5-9(13(16)17)8-10(11)12(14)15/h2,5-6,8H,1,3-4,7H2,(H,14,15). The summed E-state index contributed by atoms with van der Waals surface area (Å²) in [5, 5.41) is 19.5. The lowest BCUT2D eigenvalue weighted by Gasteiger charge is -2.08. The quantitative estimate of drug-likeness (QED) is 0.348. The van der Waals surface area contributed by atoms with Gasteiger partial charge in [-0.25, -0.2) is 4.79 Å². The van der Waals surface area contributed by atoms with E-state index in [1.54, 1.807) is 6.08 Å². The summed E-state index contributed by atoms with van der Waals surface area (Å²) in [6, 6.07) is 3.51. The summed E-state index contributed by atoms with van der Waals surface area (Å²) in [6.07, 6.45) is 3.20. The van der Waals surface area contributed by atoms with E-state index in [0.29, 0.717) is 13.0 Å². The maximum Gasteiger partial charge on any atom is 0.339 e. The van der Waals surface area contributed by atoms with E-state index >= 15 is 0 Å².